The Morgan fingerprint density at radius 3 is 2.31 bits per heavy atom. The molecule has 3 N–H and O–H groups in total. The minimum Gasteiger partial charge on any atom is -0.386 e. The van der Waals surface area contributed by atoms with Crippen LogP contribution in [0.2, 0.25) is 10.0 Å². The number of allylic oxidation sites excluding steroid dienone is 1. The van der Waals surface area contributed by atoms with Crippen LogP contribution in [0.25, 0.3) is 0 Å². The minimum absolute atomic E-state index is 0.0725. The molecular weight excluding hydrogens is 487 g/mol. The molecule has 1 aliphatic carbocycles. The maximum absolute atomic E-state index is 7.54. The molecule has 5 heteroatoms. The number of nitrogens with two attached hydrogens (primary N) is 1. The van der Waals surface area contributed by atoms with E-state index in [0.717, 1.165) is 54.1 Å². The lowest BCUT2D eigenvalue weighted by Crippen LogP contribution is -2.59. The van der Waals surface area contributed by atoms with E-state index in [2.05, 4.69) is 56.1 Å². The molecule has 0 aromatic heterocycles. The van der Waals surface area contributed by atoms with Gasteiger partial charge >= 0.3 is 0 Å². The number of rotatable bonds is 6. The second-order valence-electron chi connectivity index (χ2n) is 9.79. The van der Waals surface area contributed by atoms with Crippen molar-refractivity contribution in [2.45, 2.75) is 84.7 Å². The molecule has 0 bridgehead atoms. The number of fused-ring (bicyclic) bond motifs is 1. The summed E-state index contributed by atoms with van der Waals surface area (Å²) in [6, 6.07) is 14.8. The zero-order chi connectivity index (χ0) is 27.1. The van der Waals surface area contributed by atoms with Crippen LogP contribution in [0.4, 0.5) is 0 Å². The van der Waals surface area contributed by atoms with Gasteiger partial charge in [0.2, 0.25) is 0 Å². The Morgan fingerprint density at radius 2 is 1.72 bits per heavy atom. The van der Waals surface area contributed by atoms with Crippen molar-refractivity contribution in [1.29, 1.82) is 0 Å². The van der Waals surface area contributed by atoms with Crippen molar-refractivity contribution in [3.05, 3.63) is 81.5 Å². The Hall–Kier alpha value is -1.52. The van der Waals surface area contributed by atoms with E-state index in [1.165, 1.54) is 5.56 Å². The van der Waals surface area contributed by atoms with Crippen LogP contribution in [0.3, 0.4) is 0 Å². The summed E-state index contributed by atoms with van der Waals surface area (Å²) in [5, 5.41) is 5.13. The molecule has 5 unspecified atom stereocenters. The van der Waals surface area contributed by atoms with Gasteiger partial charge in [0, 0.05) is 52.8 Å². The van der Waals surface area contributed by atoms with E-state index in [0.29, 0.717) is 5.02 Å². The number of ether oxygens (including phenoxy) is 1. The van der Waals surface area contributed by atoms with Gasteiger partial charge in [-0.25, -0.2) is 0 Å². The van der Waals surface area contributed by atoms with Gasteiger partial charge in [-0.05, 0) is 67.5 Å². The molecule has 0 radical (unpaired) electrons. The number of halogens is 2. The molecule has 1 saturated carbocycles. The minimum atomic E-state index is -0.606. The second-order valence-corrected chi connectivity index (χ2v) is 10.6. The maximum Gasteiger partial charge on any atom is 0.0536 e. The van der Waals surface area contributed by atoms with Crippen LogP contribution >= 0.6 is 23.2 Å². The monoisotopic (exact) mass is 532 g/mol. The fourth-order valence-electron chi connectivity index (χ4n) is 6.37. The number of nitrogens with one attached hydrogen (secondary N) is 1. The number of benzene rings is 2. The van der Waals surface area contributed by atoms with E-state index in [1.807, 2.05) is 39.8 Å². The normalized spacial score (nSPS) is 28.7. The zero-order valence-electron chi connectivity index (χ0n) is 23.3. The van der Waals surface area contributed by atoms with Crippen LogP contribution in [-0.4, -0.2) is 19.8 Å². The summed E-state index contributed by atoms with van der Waals surface area (Å²) in [4.78, 5) is 0. The number of methoxy groups -OCH3 is 1. The van der Waals surface area contributed by atoms with Crippen LogP contribution in [-0.2, 0) is 16.7 Å². The Labute approximate surface area is 229 Å². The van der Waals surface area contributed by atoms with Crippen LogP contribution in [0.1, 0.15) is 83.4 Å². The third kappa shape index (κ3) is 5.80. The third-order valence-electron chi connectivity index (χ3n) is 7.92. The first-order chi connectivity index (χ1) is 17.2. The average Bonchev–Trinajstić information content (AvgIpc) is 3.11. The molecule has 3 nitrogen and oxygen atoms in total. The van der Waals surface area contributed by atoms with Gasteiger partial charge in [-0.1, -0.05) is 88.7 Å². The summed E-state index contributed by atoms with van der Waals surface area (Å²) in [5.74, 6) is 0.275. The quantitative estimate of drug-likeness (QED) is 0.366. The molecule has 0 spiro atoms. The Balaban J connectivity index is 0.00000109. The Kier molecular flexibility index (Phi) is 11.4. The van der Waals surface area contributed by atoms with Crippen LogP contribution in [0, 0.1) is 11.3 Å². The lowest BCUT2D eigenvalue weighted by Gasteiger charge is -2.54. The molecular formula is C31H46Cl2N2O. The highest BCUT2D eigenvalue weighted by molar-refractivity contribution is 6.31. The van der Waals surface area contributed by atoms with Crippen molar-refractivity contribution in [3.8, 4) is 0 Å². The zero-order valence-corrected chi connectivity index (χ0v) is 24.8. The van der Waals surface area contributed by atoms with E-state index in [4.69, 9.17) is 33.7 Å². The van der Waals surface area contributed by atoms with Crippen molar-refractivity contribution in [3.63, 3.8) is 0 Å². The van der Waals surface area contributed by atoms with Crippen molar-refractivity contribution in [1.82, 2.24) is 5.32 Å². The highest BCUT2D eigenvalue weighted by Crippen LogP contribution is 2.62. The van der Waals surface area contributed by atoms with Gasteiger partial charge < -0.3 is 15.8 Å². The number of aryl methyl sites for hydroxylation is 1. The highest BCUT2D eigenvalue weighted by Gasteiger charge is 2.61. The number of hydrogen-bond donors (Lipinski definition) is 2. The van der Waals surface area contributed by atoms with E-state index < -0.39 is 5.54 Å². The maximum atomic E-state index is 7.54. The lowest BCUT2D eigenvalue weighted by atomic mass is 9.51. The summed E-state index contributed by atoms with van der Waals surface area (Å²) in [7, 11) is 1.73. The molecule has 1 aliphatic heterocycles. The molecule has 0 amide bonds. The highest BCUT2D eigenvalue weighted by atomic mass is 35.5. The first-order valence-corrected chi connectivity index (χ1v) is 14.3. The van der Waals surface area contributed by atoms with Gasteiger partial charge in [-0.3, -0.25) is 0 Å². The molecule has 200 valence electrons. The van der Waals surface area contributed by atoms with Crippen molar-refractivity contribution in [2.24, 2.45) is 17.1 Å². The molecule has 36 heavy (non-hydrogen) atoms. The molecule has 1 heterocycles. The fraction of sp³-hybridized carbons (Fsp3) is 0.548. The molecule has 2 aliphatic rings. The van der Waals surface area contributed by atoms with Gasteiger partial charge in [0.15, 0.2) is 0 Å². The average molecular weight is 534 g/mol. The SMILES string of the molecule is C=C1NC(C)C2C1(C)CCC(c1ccc(CCCOC)cc1Cl)C2(N)c1ccc(Cl)cc1.CC.CC. The lowest BCUT2D eigenvalue weighted by molar-refractivity contribution is 0.0538. The first-order valence-electron chi connectivity index (χ1n) is 13.5. The summed E-state index contributed by atoms with van der Waals surface area (Å²) < 4.78 is 5.19. The van der Waals surface area contributed by atoms with Crippen molar-refractivity contribution < 1.29 is 4.74 Å². The van der Waals surface area contributed by atoms with Gasteiger partial charge in [0.25, 0.3) is 0 Å². The first kappa shape index (κ1) is 30.7. The van der Waals surface area contributed by atoms with Crippen LogP contribution in [0.15, 0.2) is 54.7 Å². The molecule has 1 saturated heterocycles. The number of hydrogen-bond acceptors (Lipinski definition) is 3. The molecule has 2 aromatic carbocycles. The Morgan fingerprint density at radius 1 is 1.08 bits per heavy atom. The van der Waals surface area contributed by atoms with Crippen molar-refractivity contribution in [2.75, 3.05) is 13.7 Å². The summed E-state index contributed by atoms with van der Waals surface area (Å²) in [5.41, 5.74) is 11.4. The van der Waals surface area contributed by atoms with E-state index >= 15 is 0 Å². The van der Waals surface area contributed by atoms with Gasteiger partial charge in [-0.15, -0.1) is 0 Å². The molecule has 2 fully saturated rings. The van der Waals surface area contributed by atoms with Gasteiger partial charge in [0.1, 0.15) is 0 Å². The predicted octanol–water partition coefficient (Wildman–Crippen LogP) is 8.48. The smallest absolute Gasteiger partial charge is 0.0536 e. The fourth-order valence-corrected chi connectivity index (χ4v) is 6.83. The van der Waals surface area contributed by atoms with Gasteiger partial charge in [-0.2, -0.15) is 0 Å². The summed E-state index contributed by atoms with van der Waals surface area (Å²) in [6.45, 7) is 17.7. The van der Waals surface area contributed by atoms with Crippen LogP contribution < -0.4 is 11.1 Å². The second kappa shape index (κ2) is 13.3. The van der Waals surface area contributed by atoms with Crippen molar-refractivity contribution >= 4 is 23.2 Å². The van der Waals surface area contributed by atoms with Crippen LogP contribution in [0.5, 0.6) is 0 Å². The van der Waals surface area contributed by atoms with Gasteiger partial charge in [0.05, 0.1) is 5.54 Å². The van der Waals surface area contributed by atoms with E-state index in [-0.39, 0.29) is 23.3 Å². The predicted molar refractivity (Wildman–Crippen MR) is 157 cm³/mol. The topological polar surface area (TPSA) is 47.3 Å². The largest absolute Gasteiger partial charge is 0.386 e. The summed E-state index contributed by atoms with van der Waals surface area (Å²) in [6.07, 6.45) is 3.90. The Bertz CT molecular complexity index is 993. The standard InChI is InChI=1S/C27H34Cl2N2O.2C2H6/c1-17-25-26(3,18(2)31-17)14-13-23(27(25,30)20-8-10-21(28)11-9-20)22-12-7-19(16-24(22)29)6-5-15-32-4;2*1-2/h7-12,16-17,23,25,31H,2,5-6,13-15,30H2,1,3-4H3;2*1-2H3. The molecule has 5 atom stereocenters. The van der Waals surface area contributed by atoms with E-state index in [1.54, 1.807) is 7.11 Å². The molecule has 2 aromatic rings. The summed E-state index contributed by atoms with van der Waals surface area (Å²) >= 11 is 13.2. The van der Waals surface area contributed by atoms with E-state index in [9.17, 15) is 0 Å². The third-order valence-corrected chi connectivity index (χ3v) is 8.50. The molecule has 4 rings (SSSR count).